The number of guanidine groups is 1. The Hall–Kier alpha value is -1.62. The number of ether oxygens (including phenoxy) is 1. The average Bonchev–Trinajstić information content (AvgIpc) is 3.00. The summed E-state index contributed by atoms with van der Waals surface area (Å²) >= 11 is 0. The Kier molecular flexibility index (Phi) is 5.86. The van der Waals surface area contributed by atoms with E-state index in [0.29, 0.717) is 12.0 Å². The minimum absolute atomic E-state index is 0.0676. The first-order valence-electron chi connectivity index (χ1n) is 9.81. The predicted octanol–water partition coefficient (Wildman–Crippen LogP) is 3.57. The number of aliphatic imine (C=N–C) groups is 1. The van der Waals surface area contributed by atoms with Crippen LogP contribution in [0, 0.1) is 11.2 Å². The highest BCUT2D eigenvalue weighted by Crippen LogP contribution is 2.36. The van der Waals surface area contributed by atoms with E-state index in [1.807, 2.05) is 12.1 Å². The third kappa shape index (κ3) is 4.37. The molecule has 0 spiro atoms. The molecule has 0 radical (unpaired) electrons. The van der Waals surface area contributed by atoms with Crippen molar-refractivity contribution in [1.29, 1.82) is 0 Å². The third-order valence-electron chi connectivity index (χ3n) is 5.75. The third-order valence-corrected chi connectivity index (χ3v) is 5.75. The number of nitrogens with one attached hydrogen (secondary N) is 1. The van der Waals surface area contributed by atoms with Crippen LogP contribution in [0.1, 0.15) is 45.6 Å². The number of hydrogen-bond donors (Lipinski definition) is 1. The van der Waals surface area contributed by atoms with Crippen molar-refractivity contribution in [3.63, 3.8) is 0 Å². The van der Waals surface area contributed by atoms with Crippen molar-refractivity contribution < 1.29 is 9.13 Å². The predicted molar refractivity (Wildman–Crippen MR) is 104 cm³/mol. The van der Waals surface area contributed by atoms with Gasteiger partial charge < -0.3 is 15.0 Å². The van der Waals surface area contributed by atoms with Crippen LogP contribution in [0.25, 0.3) is 0 Å². The SMILES string of the molecule is CCNC(=NCC1(c2ccc(F)cc2)CCOCC1)N1CCC(C)(C)C1. The van der Waals surface area contributed by atoms with E-state index in [9.17, 15) is 4.39 Å². The van der Waals surface area contributed by atoms with Crippen LogP contribution in [-0.2, 0) is 10.2 Å². The summed E-state index contributed by atoms with van der Waals surface area (Å²) in [5.74, 6) is 0.818. The normalized spacial score (nSPS) is 22.5. The maximum Gasteiger partial charge on any atom is 0.193 e. The molecule has 2 heterocycles. The Morgan fingerprint density at radius 3 is 2.46 bits per heavy atom. The molecule has 5 heteroatoms. The molecular weight excluding hydrogens is 329 g/mol. The van der Waals surface area contributed by atoms with Crippen LogP contribution in [0.15, 0.2) is 29.3 Å². The fraction of sp³-hybridized carbons (Fsp3) is 0.667. The van der Waals surface area contributed by atoms with Gasteiger partial charge in [-0.3, -0.25) is 4.99 Å². The van der Waals surface area contributed by atoms with Gasteiger partial charge in [-0.2, -0.15) is 0 Å². The van der Waals surface area contributed by atoms with Gasteiger partial charge in [0.25, 0.3) is 0 Å². The van der Waals surface area contributed by atoms with Crippen LogP contribution in [0.3, 0.4) is 0 Å². The summed E-state index contributed by atoms with van der Waals surface area (Å²) in [6.45, 7) is 11.9. The smallest absolute Gasteiger partial charge is 0.193 e. The zero-order chi connectivity index (χ0) is 18.6. The van der Waals surface area contributed by atoms with Crippen molar-refractivity contribution >= 4 is 5.96 Å². The van der Waals surface area contributed by atoms with Gasteiger partial charge in [0.1, 0.15) is 5.82 Å². The molecule has 1 N–H and O–H groups in total. The lowest BCUT2D eigenvalue weighted by Crippen LogP contribution is -2.43. The Morgan fingerprint density at radius 1 is 1.19 bits per heavy atom. The molecule has 0 unspecified atom stereocenters. The molecule has 0 bridgehead atoms. The van der Waals surface area contributed by atoms with Gasteiger partial charge in [-0.25, -0.2) is 4.39 Å². The van der Waals surface area contributed by atoms with Crippen LogP contribution in [0.2, 0.25) is 0 Å². The first kappa shape index (κ1) is 19.2. The molecule has 4 nitrogen and oxygen atoms in total. The fourth-order valence-electron chi connectivity index (χ4n) is 4.05. The van der Waals surface area contributed by atoms with Crippen LogP contribution in [0.4, 0.5) is 4.39 Å². The summed E-state index contributed by atoms with van der Waals surface area (Å²) < 4.78 is 19.0. The maximum atomic E-state index is 13.4. The van der Waals surface area contributed by atoms with Crippen molar-refractivity contribution in [3.05, 3.63) is 35.6 Å². The zero-order valence-electron chi connectivity index (χ0n) is 16.4. The molecule has 2 aliphatic rings. The van der Waals surface area contributed by atoms with E-state index < -0.39 is 0 Å². The Labute approximate surface area is 156 Å². The summed E-state index contributed by atoms with van der Waals surface area (Å²) in [6.07, 6.45) is 3.04. The second-order valence-electron chi connectivity index (χ2n) is 8.41. The maximum absolute atomic E-state index is 13.4. The summed E-state index contributed by atoms with van der Waals surface area (Å²) in [6, 6.07) is 6.96. The summed E-state index contributed by atoms with van der Waals surface area (Å²) in [5.41, 5.74) is 1.44. The van der Waals surface area contributed by atoms with E-state index in [4.69, 9.17) is 9.73 Å². The van der Waals surface area contributed by atoms with Crippen molar-refractivity contribution in [2.45, 2.75) is 45.4 Å². The quantitative estimate of drug-likeness (QED) is 0.658. The standard InChI is InChI=1S/C21H32FN3O/c1-4-23-19(25-12-9-20(2,3)16-25)24-15-21(10-13-26-14-11-21)17-5-7-18(22)8-6-17/h5-8H,4,9-16H2,1-3H3,(H,23,24). The molecule has 0 atom stereocenters. The number of nitrogens with zero attached hydrogens (tertiary/aromatic N) is 2. The highest BCUT2D eigenvalue weighted by Gasteiger charge is 2.36. The molecule has 0 amide bonds. The number of halogens is 1. The van der Waals surface area contributed by atoms with Gasteiger partial charge in [-0.1, -0.05) is 26.0 Å². The Bertz CT molecular complexity index is 621. The van der Waals surface area contributed by atoms with Crippen LogP contribution in [0.5, 0.6) is 0 Å². The second-order valence-corrected chi connectivity index (χ2v) is 8.41. The van der Waals surface area contributed by atoms with Gasteiger partial charge in [-0.05, 0) is 49.3 Å². The molecule has 0 aromatic heterocycles. The van der Waals surface area contributed by atoms with E-state index in [1.165, 1.54) is 12.0 Å². The largest absolute Gasteiger partial charge is 0.381 e. The molecule has 2 fully saturated rings. The zero-order valence-corrected chi connectivity index (χ0v) is 16.4. The van der Waals surface area contributed by atoms with Crippen molar-refractivity contribution in [2.24, 2.45) is 10.4 Å². The molecule has 0 saturated carbocycles. The molecule has 144 valence electrons. The molecule has 3 rings (SSSR count). The van der Waals surface area contributed by atoms with Crippen LogP contribution < -0.4 is 5.32 Å². The van der Waals surface area contributed by atoms with E-state index in [1.54, 1.807) is 12.1 Å². The number of hydrogen-bond acceptors (Lipinski definition) is 2. The van der Waals surface area contributed by atoms with Gasteiger partial charge in [-0.15, -0.1) is 0 Å². The van der Waals surface area contributed by atoms with Crippen molar-refractivity contribution in [1.82, 2.24) is 10.2 Å². The molecule has 0 aliphatic carbocycles. The molecule has 26 heavy (non-hydrogen) atoms. The first-order valence-corrected chi connectivity index (χ1v) is 9.81. The lowest BCUT2D eigenvalue weighted by Gasteiger charge is -2.37. The molecule has 2 aliphatic heterocycles. The second kappa shape index (κ2) is 7.95. The first-order chi connectivity index (χ1) is 12.4. The van der Waals surface area contributed by atoms with E-state index in [2.05, 4.69) is 31.0 Å². The number of rotatable bonds is 4. The highest BCUT2D eigenvalue weighted by atomic mass is 19.1. The number of likely N-dealkylation sites (tertiary alicyclic amines) is 1. The monoisotopic (exact) mass is 361 g/mol. The summed E-state index contributed by atoms with van der Waals surface area (Å²) in [4.78, 5) is 7.41. The van der Waals surface area contributed by atoms with Gasteiger partial charge >= 0.3 is 0 Å². The molecular formula is C21H32FN3O. The topological polar surface area (TPSA) is 36.9 Å². The van der Waals surface area contributed by atoms with Gasteiger partial charge in [0.2, 0.25) is 0 Å². The van der Waals surface area contributed by atoms with Crippen LogP contribution in [-0.4, -0.2) is 50.3 Å². The van der Waals surface area contributed by atoms with E-state index >= 15 is 0 Å². The van der Waals surface area contributed by atoms with E-state index in [0.717, 1.165) is 51.6 Å². The molecule has 1 aromatic rings. The van der Waals surface area contributed by atoms with Crippen molar-refractivity contribution in [3.8, 4) is 0 Å². The fourth-order valence-corrected chi connectivity index (χ4v) is 4.05. The lowest BCUT2D eigenvalue weighted by molar-refractivity contribution is 0.0530. The van der Waals surface area contributed by atoms with Gasteiger partial charge in [0.15, 0.2) is 5.96 Å². The number of benzene rings is 1. The Balaban J connectivity index is 1.82. The Morgan fingerprint density at radius 2 is 1.88 bits per heavy atom. The molecule has 2 saturated heterocycles. The van der Waals surface area contributed by atoms with Gasteiger partial charge in [0, 0.05) is 38.3 Å². The van der Waals surface area contributed by atoms with E-state index in [-0.39, 0.29) is 11.2 Å². The average molecular weight is 362 g/mol. The minimum Gasteiger partial charge on any atom is -0.381 e. The highest BCUT2D eigenvalue weighted by molar-refractivity contribution is 5.80. The minimum atomic E-state index is -0.188. The van der Waals surface area contributed by atoms with Gasteiger partial charge in [0.05, 0.1) is 6.54 Å². The summed E-state index contributed by atoms with van der Waals surface area (Å²) in [5, 5.41) is 3.46. The molecule has 1 aromatic carbocycles. The summed E-state index contributed by atoms with van der Waals surface area (Å²) in [7, 11) is 0. The van der Waals surface area contributed by atoms with Crippen molar-refractivity contribution in [2.75, 3.05) is 39.4 Å². The van der Waals surface area contributed by atoms with Crippen LogP contribution >= 0.6 is 0 Å². The lowest BCUT2D eigenvalue weighted by atomic mass is 9.74.